The van der Waals surface area contributed by atoms with Crippen LogP contribution in [0.5, 0.6) is 0 Å². The zero-order valence-corrected chi connectivity index (χ0v) is 36.4. The molecule has 0 amide bonds. The van der Waals surface area contributed by atoms with Gasteiger partial charge in [0.1, 0.15) is 0 Å². The van der Waals surface area contributed by atoms with Gasteiger partial charge in [-0.05, 0) is 175 Å². The number of rotatable bonds is 4. The van der Waals surface area contributed by atoms with Crippen LogP contribution in [0.2, 0.25) is 0 Å². The molecule has 3 fully saturated rings. The Balaban J connectivity index is 1.08. The van der Waals surface area contributed by atoms with Crippen molar-refractivity contribution in [3.63, 3.8) is 0 Å². The van der Waals surface area contributed by atoms with Gasteiger partial charge < -0.3 is 4.90 Å². The molecule has 0 aliphatic heterocycles. The van der Waals surface area contributed by atoms with Crippen molar-refractivity contribution in [2.24, 2.45) is 29.1 Å². The van der Waals surface area contributed by atoms with E-state index in [1.165, 1.54) is 105 Å². The summed E-state index contributed by atoms with van der Waals surface area (Å²) < 4.78 is 0. The first kappa shape index (κ1) is 36.0. The Labute approximate surface area is 352 Å². The van der Waals surface area contributed by atoms with Gasteiger partial charge in [-0.15, -0.1) is 0 Å². The molecule has 6 aromatic rings. The number of fused-ring (bicyclic) bond motifs is 10. The topological polar surface area (TPSA) is 3.24 Å². The highest BCUT2D eigenvalue weighted by molar-refractivity contribution is 5.93. The van der Waals surface area contributed by atoms with E-state index in [4.69, 9.17) is 0 Å². The highest BCUT2D eigenvalue weighted by Crippen LogP contribution is 2.85. The van der Waals surface area contributed by atoms with Crippen LogP contribution in [0.25, 0.3) is 33.4 Å². The number of hydrogen-bond donors (Lipinski definition) is 0. The summed E-state index contributed by atoms with van der Waals surface area (Å²) in [4.78, 5) is 2.60. The summed E-state index contributed by atoms with van der Waals surface area (Å²) in [6.07, 6.45) is 6.61. The number of anilines is 3. The van der Waals surface area contributed by atoms with Gasteiger partial charge in [0, 0.05) is 27.9 Å². The summed E-state index contributed by atoms with van der Waals surface area (Å²) in [5, 5.41) is 0. The highest BCUT2D eigenvalue weighted by atomic mass is 15.1. The maximum Gasteiger partial charge on any atom is 0.0468 e. The minimum Gasteiger partial charge on any atom is -0.310 e. The molecule has 0 aromatic heterocycles. The van der Waals surface area contributed by atoms with Gasteiger partial charge in [-0.25, -0.2) is 0 Å². The Kier molecular flexibility index (Phi) is 7.13. The zero-order valence-electron chi connectivity index (χ0n) is 36.4. The Morgan fingerprint density at radius 3 is 1.85 bits per heavy atom. The average Bonchev–Trinajstić information content (AvgIpc) is 3.79. The third-order valence-corrected chi connectivity index (χ3v) is 17.8. The maximum absolute atomic E-state index is 2.65. The number of benzene rings is 6. The van der Waals surface area contributed by atoms with E-state index < -0.39 is 0 Å². The molecule has 0 heterocycles. The van der Waals surface area contributed by atoms with Crippen LogP contribution in [0.3, 0.4) is 0 Å². The lowest BCUT2D eigenvalue weighted by atomic mass is 9.27. The molecule has 0 radical (unpaired) electrons. The second-order valence-corrected chi connectivity index (χ2v) is 21.8. The lowest BCUT2D eigenvalue weighted by Gasteiger charge is -2.76. The summed E-state index contributed by atoms with van der Waals surface area (Å²) in [6, 6.07) is 50.1. The van der Waals surface area contributed by atoms with Gasteiger partial charge in [0.15, 0.2) is 0 Å². The Morgan fingerprint density at radius 1 is 0.492 bits per heavy atom. The summed E-state index contributed by atoms with van der Waals surface area (Å²) in [6.45, 7) is 19.8. The molecular weight excluding hydrogens is 711 g/mol. The minimum absolute atomic E-state index is 0.0474. The molecule has 2 spiro atoms. The van der Waals surface area contributed by atoms with Crippen LogP contribution in [0.4, 0.5) is 17.1 Å². The number of hydrogen-bond acceptors (Lipinski definition) is 1. The molecule has 1 heteroatoms. The van der Waals surface area contributed by atoms with Crippen LogP contribution in [0, 0.1) is 29.1 Å². The Bertz CT molecular complexity index is 2740. The number of nitrogens with zero attached hydrogens (tertiary/aromatic N) is 1. The molecule has 6 aliphatic rings. The average molecular weight is 770 g/mol. The van der Waals surface area contributed by atoms with Gasteiger partial charge >= 0.3 is 0 Å². The van der Waals surface area contributed by atoms with Crippen molar-refractivity contribution in [2.75, 3.05) is 4.90 Å². The molecular formula is C58H59N. The summed E-state index contributed by atoms with van der Waals surface area (Å²) in [5.41, 5.74) is 22.0. The molecule has 0 saturated heterocycles. The monoisotopic (exact) mass is 769 g/mol. The zero-order chi connectivity index (χ0) is 40.4. The van der Waals surface area contributed by atoms with Crippen LogP contribution < -0.4 is 4.90 Å². The van der Waals surface area contributed by atoms with Gasteiger partial charge in [-0.3, -0.25) is 0 Å². The van der Waals surface area contributed by atoms with Crippen LogP contribution in [0.1, 0.15) is 121 Å². The molecule has 12 rings (SSSR count). The van der Waals surface area contributed by atoms with Crippen molar-refractivity contribution >= 4 is 17.1 Å². The first-order chi connectivity index (χ1) is 28.3. The van der Waals surface area contributed by atoms with E-state index in [-0.39, 0.29) is 21.7 Å². The fraction of sp³-hybridized carbons (Fsp3) is 0.379. The first-order valence-electron chi connectivity index (χ1n) is 22.8. The SMILES string of the molecule is CC1CC2CC3C4(c5ccc(N(c6ccc7c(c6)C(C)(C)CCC7(C)C)c6ccc7c(c6)C(C)(C)c6ccccc6-7)cc5-c5cccc(-c6ccccc6)c54)C(C)C23C1. The highest BCUT2D eigenvalue weighted by Gasteiger charge is 2.80. The molecule has 6 unspecified atom stereocenters. The molecule has 1 nitrogen and oxygen atoms in total. The molecule has 3 saturated carbocycles. The normalized spacial score (nSPS) is 28.9. The van der Waals surface area contributed by atoms with Crippen molar-refractivity contribution in [3.8, 4) is 33.4 Å². The molecule has 6 aliphatic carbocycles. The van der Waals surface area contributed by atoms with Crippen molar-refractivity contribution in [1.29, 1.82) is 0 Å². The quantitative estimate of drug-likeness (QED) is 0.173. The fourth-order valence-corrected chi connectivity index (χ4v) is 15.0. The van der Waals surface area contributed by atoms with Gasteiger partial charge in [-0.2, -0.15) is 0 Å². The van der Waals surface area contributed by atoms with Crippen molar-refractivity contribution in [1.82, 2.24) is 0 Å². The van der Waals surface area contributed by atoms with Gasteiger partial charge in [-0.1, -0.05) is 146 Å². The van der Waals surface area contributed by atoms with Crippen LogP contribution in [-0.2, 0) is 21.7 Å². The second-order valence-electron chi connectivity index (χ2n) is 21.8. The lowest BCUT2D eigenvalue weighted by molar-refractivity contribution is -0.229. The van der Waals surface area contributed by atoms with E-state index in [1.807, 2.05) is 0 Å². The van der Waals surface area contributed by atoms with E-state index in [0.717, 1.165) is 11.8 Å². The molecule has 6 aromatic carbocycles. The largest absolute Gasteiger partial charge is 0.310 e. The fourth-order valence-electron chi connectivity index (χ4n) is 15.0. The third-order valence-electron chi connectivity index (χ3n) is 17.8. The Hall–Kier alpha value is -4.88. The molecule has 6 atom stereocenters. The summed E-state index contributed by atoms with van der Waals surface area (Å²) >= 11 is 0. The lowest BCUT2D eigenvalue weighted by Crippen LogP contribution is -2.73. The van der Waals surface area contributed by atoms with Crippen LogP contribution >= 0.6 is 0 Å². The van der Waals surface area contributed by atoms with Gasteiger partial charge in [0.05, 0.1) is 0 Å². The van der Waals surface area contributed by atoms with E-state index in [0.29, 0.717) is 17.3 Å². The van der Waals surface area contributed by atoms with Gasteiger partial charge in [0.25, 0.3) is 0 Å². The van der Waals surface area contributed by atoms with E-state index in [1.54, 1.807) is 11.1 Å². The smallest absolute Gasteiger partial charge is 0.0468 e. The van der Waals surface area contributed by atoms with Crippen LogP contribution in [0.15, 0.2) is 127 Å². The minimum atomic E-state index is -0.0821. The molecule has 296 valence electrons. The second kappa shape index (κ2) is 11.7. The van der Waals surface area contributed by atoms with Crippen molar-refractivity contribution < 1.29 is 0 Å². The maximum atomic E-state index is 2.65. The molecule has 0 bridgehead atoms. The first-order valence-corrected chi connectivity index (χ1v) is 22.8. The van der Waals surface area contributed by atoms with Crippen LogP contribution in [-0.4, -0.2) is 0 Å². The molecule has 0 N–H and O–H groups in total. The van der Waals surface area contributed by atoms with E-state index in [9.17, 15) is 0 Å². The van der Waals surface area contributed by atoms with Gasteiger partial charge in [0.2, 0.25) is 0 Å². The van der Waals surface area contributed by atoms with E-state index >= 15 is 0 Å². The standard InChI is InChI=1S/C58H59N/c1-35-29-38-30-52-57(38,34-35)36(2)58(52)48-25-22-39(31-46(48)45-19-14-18-42(53(45)58)37-15-10-9-11-16-37)59(41-23-26-49-51(33-41)55(5,6)28-27-54(49,3)4)40-21-24-44-43-17-12-13-20-47(43)56(7,8)50(44)32-40/h9-26,31-33,35-36,38,52H,27-30,34H2,1-8H3. The molecule has 59 heavy (non-hydrogen) atoms. The Morgan fingerprint density at radius 2 is 1.10 bits per heavy atom. The van der Waals surface area contributed by atoms with Crippen molar-refractivity contribution in [3.05, 3.63) is 161 Å². The van der Waals surface area contributed by atoms with E-state index in [2.05, 4.69) is 188 Å². The predicted octanol–water partition coefficient (Wildman–Crippen LogP) is 15.4. The summed E-state index contributed by atoms with van der Waals surface area (Å²) in [5.74, 6) is 3.05. The predicted molar refractivity (Wildman–Crippen MR) is 247 cm³/mol. The third kappa shape index (κ3) is 4.42. The summed E-state index contributed by atoms with van der Waals surface area (Å²) in [7, 11) is 0. The van der Waals surface area contributed by atoms with Crippen molar-refractivity contribution in [2.45, 2.75) is 109 Å².